The molecule has 0 spiro atoms. The van der Waals surface area contributed by atoms with Crippen LogP contribution in [0.5, 0.6) is 0 Å². The van der Waals surface area contributed by atoms with E-state index in [-0.39, 0.29) is 23.8 Å². The number of nitrogens with zero attached hydrogens (tertiary/aromatic N) is 2. The largest absolute Gasteiger partial charge is 0.396 e. The Morgan fingerprint density at radius 3 is 2.62 bits per heavy atom. The predicted molar refractivity (Wildman–Crippen MR) is 104 cm³/mol. The van der Waals surface area contributed by atoms with Crippen LogP contribution in [0, 0.1) is 0 Å². The number of aliphatic hydroxyl groups is 1. The zero-order valence-corrected chi connectivity index (χ0v) is 14.9. The van der Waals surface area contributed by atoms with Crippen molar-refractivity contribution < 1.29 is 9.90 Å². The van der Waals surface area contributed by atoms with E-state index < -0.39 is 0 Å². The van der Waals surface area contributed by atoms with Crippen LogP contribution in [0.1, 0.15) is 6.42 Å². The van der Waals surface area contributed by atoms with Crippen molar-refractivity contribution in [1.82, 2.24) is 9.55 Å². The summed E-state index contributed by atoms with van der Waals surface area (Å²) < 4.78 is 1.53. The number of rotatable bonds is 7. The van der Waals surface area contributed by atoms with Crippen LogP contribution in [0.4, 0.5) is 5.69 Å². The van der Waals surface area contributed by atoms with Crippen molar-refractivity contribution in [3.05, 3.63) is 65.0 Å². The molecule has 2 N–H and O–H groups in total. The van der Waals surface area contributed by atoms with Crippen LogP contribution in [0.2, 0.25) is 0 Å². The van der Waals surface area contributed by atoms with Gasteiger partial charge in [-0.25, -0.2) is 4.98 Å². The summed E-state index contributed by atoms with van der Waals surface area (Å²) in [5, 5.41) is 12.9. The van der Waals surface area contributed by atoms with Gasteiger partial charge in [0, 0.05) is 18.8 Å². The lowest BCUT2D eigenvalue weighted by Gasteiger charge is -2.12. The standard InChI is InChI=1S/C19H19N3O3S/c23-12-6-11-22-18(25)15-9-4-5-10-16(15)21-19(22)26-13-17(24)20-14-7-2-1-3-8-14/h1-5,7-10,23H,6,11-13H2,(H,20,24). The summed E-state index contributed by atoms with van der Waals surface area (Å²) in [5.74, 6) is -0.0315. The molecule has 1 aromatic heterocycles. The van der Waals surface area contributed by atoms with Gasteiger partial charge in [-0.3, -0.25) is 14.2 Å². The Hall–Kier alpha value is -2.64. The van der Waals surface area contributed by atoms with Crippen molar-refractivity contribution in [2.24, 2.45) is 0 Å². The van der Waals surface area contributed by atoms with Gasteiger partial charge >= 0.3 is 0 Å². The van der Waals surface area contributed by atoms with Crippen molar-refractivity contribution in [3.8, 4) is 0 Å². The van der Waals surface area contributed by atoms with E-state index in [2.05, 4.69) is 10.3 Å². The molecule has 1 heterocycles. The average molecular weight is 369 g/mol. The van der Waals surface area contributed by atoms with E-state index in [1.165, 1.54) is 16.3 Å². The molecule has 1 amide bonds. The Kier molecular flexibility index (Phi) is 6.04. The predicted octanol–water partition coefficient (Wildman–Crippen LogP) is 2.51. The number of thioether (sulfide) groups is 1. The van der Waals surface area contributed by atoms with Gasteiger partial charge in [0.1, 0.15) is 0 Å². The van der Waals surface area contributed by atoms with Gasteiger partial charge in [-0.1, -0.05) is 42.1 Å². The van der Waals surface area contributed by atoms with E-state index in [0.717, 1.165) is 5.69 Å². The Morgan fingerprint density at radius 2 is 1.85 bits per heavy atom. The molecular formula is C19H19N3O3S. The molecular weight excluding hydrogens is 350 g/mol. The summed E-state index contributed by atoms with van der Waals surface area (Å²) in [6.45, 7) is 0.341. The van der Waals surface area contributed by atoms with Crippen molar-refractivity contribution in [2.45, 2.75) is 18.1 Å². The van der Waals surface area contributed by atoms with Gasteiger partial charge in [0.25, 0.3) is 5.56 Å². The van der Waals surface area contributed by atoms with Crippen LogP contribution in [0.3, 0.4) is 0 Å². The highest BCUT2D eigenvalue weighted by Crippen LogP contribution is 2.18. The third-order valence-electron chi connectivity index (χ3n) is 3.76. The van der Waals surface area contributed by atoms with E-state index in [4.69, 9.17) is 5.11 Å². The van der Waals surface area contributed by atoms with Crippen LogP contribution in [-0.2, 0) is 11.3 Å². The maximum atomic E-state index is 12.7. The maximum absolute atomic E-state index is 12.7. The van der Waals surface area contributed by atoms with E-state index >= 15 is 0 Å². The fraction of sp³-hybridized carbons (Fsp3) is 0.211. The number of hydrogen-bond donors (Lipinski definition) is 2. The number of hydrogen-bond acceptors (Lipinski definition) is 5. The number of aromatic nitrogens is 2. The fourth-order valence-corrected chi connectivity index (χ4v) is 3.36. The summed E-state index contributed by atoms with van der Waals surface area (Å²) in [7, 11) is 0. The molecule has 0 aliphatic carbocycles. The summed E-state index contributed by atoms with van der Waals surface area (Å²) in [6, 6.07) is 16.3. The minimum absolute atomic E-state index is 0.0160. The number of fused-ring (bicyclic) bond motifs is 1. The first-order valence-electron chi connectivity index (χ1n) is 8.27. The zero-order chi connectivity index (χ0) is 18.4. The van der Waals surface area contributed by atoms with E-state index in [1.54, 1.807) is 18.2 Å². The molecule has 0 radical (unpaired) electrons. The van der Waals surface area contributed by atoms with Crippen LogP contribution in [0.15, 0.2) is 64.5 Å². The molecule has 3 rings (SSSR count). The molecule has 26 heavy (non-hydrogen) atoms. The minimum atomic E-state index is -0.169. The van der Waals surface area contributed by atoms with Gasteiger partial charge in [-0.15, -0.1) is 0 Å². The molecule has 134 valence electrons. The van der Waals surface area contributed by atoms with Crippen LogP contribution < -0.4 is 10.9 Å². The zero-order valence-electron chi connectivity index (χ0n) is 14.1. The molecule has 0 aliphatic rings. The monoisotopic (exact) mass is 369 g/mol. The molecule has 3 aromatic rings. The number of amides is 1. The molecule has 0 bridgehead atoms. The van der Waals surface area contributed by atoms with Gasteiger partial charge in [0.05, 0.1) is 16.7 Å². The molecule has 7 heteroatoms. The summed E-state index contributed by atoms with van der Waals surface area (Å²) in [5.41, 5.74) is 1.17. The number of carbonyl (C=O) groups excluding carboxylic acids is 1. The number of carbonyl (C=O) groups is 1. The van der Waals surface area contributed by atoms with Gasteiger partial charge < -0.3 is 10.4 Å². The van der Waals surface area contributed by atoms with Gasteiger partial charge in [-0.2, -0.15) is 0 Å². The maximum Gasteiger partial charge on any atom is 0.262 e. The second-order valence-corrected chi connectivity index (χ2v) is 6.59. The molecule has 0 fully saturated rings. The highest BCUT2D eigenvalue weighted by Gasteiger charge is 2.13. The average Bonchev–Trinajstić information content (AvgIpc) is 2.67. The van der Waals surface area contributed by atoms with Crippen LogP contribution in [0.25, 0.3) is 10.9 Å². The third kappa shape index (κ3) is 4.30. The van der Waals surface area contributed by atoms with Crippen molar-refractivity contribution >= 4 is 34.3 Å². The Morgan fingerprint density at radius 1 is 1.12 bits per heavy atom. The number of nitrogens with one attached hydrogen (secondary N) is 1. The quantitative estimate of drug-likeness (QED) is 0.494. The molecule has 0 aliphatic heterocycles. The van der Waals surface area contributed by atoms with Crippen LogP contribution >= 0.6 is 11.8 Å². The second kappa shape index (κ2) is 8.64. The first kappa shape index (κ1) is 18.2. The highest BCUT2D eigenvalue weighted by molar-refractivity contribution is 7.99. The molecule has 0 unspecified atom stereocenters. The SMILES string of the molecule is O=C(CSc1nc2ccccc2c(=O)n1CCCO)Nc1ccccc1. The number of aliphatic hydroxyl groups excluding tert-OH is 1. The summed E-state index contributed by atoms with van der Waals surface area (Å²) >= 11 is 1.21. The van der Waals surface area contributed by atoms with E-state index in [0.29, 0.717) is 29.0 Å². The lowest BCUT2D eigenvalue weighted by atomic mass is 10.2. The smallest absolute Gasteiger partial charge is 0.262 e. The number of benzene rings is 2. The van der Waals surface area contributed by atoms with Gasteiger partial charge in [0.15, 0.2) is 5.16 Å². The van der Waals surface area contributed by atoms with Crippen molar-refractivity contribution in [3.63, 3.8) is 0 Å². The minimum Gasteiger partial charge on any atom is -0.396 e. The first-order chi connectivity index (χ1) is 12.7. The molecule has 0 saturated heterocycles. The summed E-state index contributed by atoms with van der Waals surface area (Å²) in [6.07, 6.45) is 0.448. The Balaban J connectivity index is 1.81. The third-order valence-corrected chi connectivity index (χ3v) is 4.73. The first-order valence-corrected chi connectivity index (χ1v) is 9.26. The van der Waals surface area contributed by atoms with E-state index in [9.17, 15) is 9.59 Å². The van der Waals surface area contributed by atoms with Crippen molar-refractivity contribution in [1.29, 1.82) is 0 Å². The Bertz CT molecular complexity index is 957. The number of para-hydroxylation sites is 2. The van der Waals surface area contributed by atoms with Crippen molar-refractivity contribution in [2.75, 3.05) is 17.7 Å². The number of anilines is 1. The van der Waals surface area contributed by atoms with Crippen LogP contribution in [-0.4, -0.2) is 32.9 Å². The topological polar surface area (TPSA) is 84.2 Å². The second-order valence-electron chi connectivity index (χ2n) is 5.65. The van der Waals surface area contributed by atoms with Gasteiger partial charge in [-0.05, 0) is 30.7 Å². The lowest BCUT2D eigenvalue weighted by Crippen LogP contribution is -2.24. The molecule has 6 nitrogen and oxygen atoms in total. The lowest BCUT2D eigenvalue weighted by molar-refractivity contribution is -0.113. The highest BCUT2D eigenvalue weighted by atomic mass is 32.2. The molecule has 2 aromatic carbocycles. The molecule has 0 atom stereocenters. The normalized spacial score (nSPS) is 10.8. The van der Waals surface area contributed by atoms with E-state index in [1.807, 2.05) is 36.4 Å². The summed E-state index contributed by atoms with van der Waals surface area (Å²) in [4.78, 5) is 29.4. The molecule has 0 saturated carbocycles. The van der Waals surface area contributed by atoms with Gasteiger partial charge in [0.2, 0.25) is 5.91 Å². The Labute approximate surface area is 154 Å². The fourth-order valence-electron chi connectivity index (χ4n) is 2.53.